The number of hydrogen-bond donors (Lipinski definition) is 1. The van der Waals surface area contributed by atoms with Crippen LogP contribution in [-0.2, 0) is 16.1 Å². The predicted octanol–water partition coefficient (Wildman–Crippen LogP) is 1.69. The molecule has 0 spiro atoms. The minimum Gasteiger partial charge on any atom is -0.356 e. The van der Waals surface area contributed by atoms with Gasteiger partial charge in [-0.2, -0.15) is 11.8 Å². The highest BCUT2D eigenvalue weighted by atomic mass is 32.2. The number of amides is 2. The Morgan fingerprint density at radius 2 is 2.36 bits per heavy atom. The predicted molar refractivity (Wildman–Crippen MR) is 88.4 cm³/mol. The van der Waals surface area contributed by atoms with E-state index in [-0.39, 0.29) is 17.7 Å². The quantitative estimate of drug-likeness (QED) is 0.776. The lowest BCUT2D eigenvalue weighted by Gasteiger charge is -2.31. The van der Waals surface area contributed by atoms with Crippen molar-refractivity contribution in [3.8, 4) is 0 Å². The van der Waals surface area contributed by atoms with E-state index in [1.165, 1.54) is 0 Å². The zero-order valence-corrected chi connectivity index (χ0v) is 13.8. The molecule has 0 bridgehead atoms. The zero-order valence-electron chi connectivity index (χ0n) is 13.0. The van der Waals surface area contributed by atoms with Gasteiger partial charge in [0.05, 0.1) is 18.2 Å². The molecule has 1 saturated heterocycles. The van der Waals surface area contributed by atoms with Crippen LogP contribution in [0.5, 0.6) is 0 Å². The van der Waals surface area contributed by atoms with Gasteiger partial charge in [0.15, 0.2) is 0 Å². The van der Waals surface area contributed by atoms with Crippen LogP contribution in [0.1, 0.15) is 25.0 Å². The molecular weight excluding hydrogens is 298 g/mol. The summed E-state index contributed by atoms with van der Waals surface area (Å²) in [5.41, 5.74) is 0.858. The largest absolute Gasteiger partial charge is 0.356 e. The summed E-state index contributed by atoms with van der Waals surface area (Å²) in [6.45, 7) is 1.68. The van der Waals surface area contributed by atoms with E-state index in [1.54, 1.807) is 22.9 Å². The summed E-state index contributed by atoms with van der Waals surface area (Å²) in [5, 5.41) is 2.98. The van der Waals surface area contributed by atoms with Crippen LogP contribution in [0.15, 0.2) is 24.4 Å². The molecule has 6 heteroatoms. The fourth-order valence-electron chi connectivity index (χ4n) is 2.54. The molecule has 1 aliphatic heterocycles. The smallest absolute Gasteiger partial charge is 0.224 e. The van der Waals surface area contributed by atoms with E-state index in [1.807, 2.05) is 18.2 Å². The average molecular weight is 321 g/mol. The van der Waals surface area contributed by atoms with Gasteiger partial charge in [0.1, 0.15) is 0 Å². The van der Waals surface area contributed by atoms with Crippen molar-refractivity contribution in [3.63, 3.8) is 0 Å². The second-order valence-corrected chi connectivity index (χ2v) is 6.45. The van der Waals surface area contributed by atoms with E-state index < -0.39 is 0 Å². The maximum Gasteiger partial charge on any atom is 0.224 e. The maximum absolute atomic E-state index is 12.2. The minimum atomic E-state index is -0.101. The lowest BCUT2D eigenvalue weighted by atomic mass is 9.96. The number of carbonyl (C=O) groups is 2. The fraction of sp³-hybridized carbons (Fsp3) is 0.562. The van der Waals surface area contributed by atoms with Crippen molar-refractivity contribution in [2.24, 2.45) is 5.92 Å². The van der Waals surface area contributed by atoms with Crippen LogP contribution < -0.4 is 5.32 Å². The van der Waals surface area contributed by atoms with Crippen molar-refractivity contribution in [3.05, 3.63) is 30.1 Å². The third-order valence-corrected chi connectivity index (χ3v) is 4.47. The number of pyridine rings is 1. The highest BCUT2D eigenvalue weighted by molar-refractivity contribution is 7.98. The Hall–Kier alpha value is -1.56. The third kappa shape index (κ3) is 5.02. The third-order valence-electron chi connectivity index (χ3n) is 3.77. The second-order valence-electron chi connectivity index (χ2n) is 5.47. The van der Waals surface area contributed by atoms with E-state index in [0.29, 0.717) is 32.5 Å². The molecule has 5 nitrogen and oxygen atoms in total. The van der Waals surface area contributed by atoms with Gasteiger partial charge in [0.2, 0.25) is 11.8 Å². The summed E-state index contributed by atoms with van der Waals surface area (Å²) in [6.07, 6.45) is 5.85. The molecule has 22 heavy (non-hydrogen) atoms. The van der Waals surface area contributed by atoms with Crippen molar-refractivity contribution < 1.29 is 9.59 Å². The van der Waals surface area contributed by atoms with Gasteiger partial charge in [0, 0.05) is 25.7 Å². The van der Waals surface area contributed by atoms with Gasteiger partial charge in [-0.25, -0.2) is 0 Å². The molecule has 2 amide bonds. The molecule has 0 radical (unpaired) electrons. The summed E-state index contributed by atoms with van der Waals surface area (Å²) < 4.78 is 0. The second kappa shape index (κ2) is 8.78. The lowest BCUT2D eigenvalue weighted by molar-refractivity contribution is -0.138. The van der Waals surface area contributed by atoms with Crippen LogP contribution in [-0.4, -0.2) is 46.8 Å². The van der Waals surface area contributed by atoms with Crippen LogP contribution in [0.4, 0.5) is 0 Å². The molecule has 1 aromatic heterocycles. The van der Waals surface area contributed by atoms with Gasteiger partial charge in [-0.1, -0.05) is 6.07 Å². The van der Waals surface area contributed by atoms with Crippen molar-refractivity contribution in [1.29, 1.82) is 0 Å². The minimum absolute atomic E-state index is 0.0691. The molecule has 1 aromatic rings. The van der Waals surface area contributed by atoms with Gasteiger partial charge in [-0.3, -0.25) is 14.6 Å². The first-order valence-electron chi connectivity index (χ1n) is 7.65. The Morgan fingerprint density at radius 3 is 3.09 bits per heavy atom. The number of rotatable bonds is 7. The Bertz CT molecular complexity index is 495. The topological polar surface area (TPSA) is 62.3 Å². The van der Waals surface area contributed by atoms with Crippen molar-refractivity contribution in [1.82, 2.24) is 15.2 Å². The SMILES string of the molecule is CSCCCNC(=O)[C@@H]1CCC(=O)N(Cc2ccccn2)C1. The van der Waals surface area contributed by atoms with Crippen LogP contribution in [0.2, 0.25) is 0 Å². The van der Waals surface area contributed by atoms with Gasteiger partial charge < -0.3 is 10.2 Å². The standard InChI is InChI=1S/C16H23N3O2S/c1-22-10-4-9-18-16(21)13-6-7-15(20)19(11-13)12-14-5-2-3-8-17-14/h2-3,5,8,13H,4,6-7,9-12H2,1H3,(H,18,21)/t13-/m1/s1. The molecule has 2 heterocycles. The van der Waals surface area contributed by atoms with Gasteiger partial charge >= 0.3 is 0 Å². The Morgan fingerprint density at radius 1 is 1.50 bits per heavy atom. The number of carbonyl (C=O) groups excluding carboxylic acids is 2. The molecule has 0 unspecified atom stereocenters. The highest BCUT2D eigenvalue weighted by Gasteiger charge is 2.30. The Balaban J connectivity index is 1.85. The summed E-state index contributed by atoms with van der Waals surface area (Å²) in [6, 6.07) is 5.67. The summed E-state index contributed by atoms with van der Waals surface area (Å²) in [5.74, 6) is 1.13. The molecule has 1 aliphatic rings. The number of likely N-dealkylation sites (tertiary alicyclic amines) is 1. The molecule has 2 rings (SSSR count). The monoisotopic (exact) mass is 321 g/mol. The molecule has 1 atom stereocenters. The first-order chi connectivity index (χ1) is 10.7. The number of nitrogens with one attached hydrogen (secondary N) is 1. The first-order valence-corrected chi connectivity index (χ1v) is 9.04. The Labute approximate surface area is 135 Å². The van der Waals surface area contributed by atoms with E-state index >= 15 is 0 Å². The van der Waals surface area contributed by atoms with Crippen LogP contribution >= 0.6 is 11.8 Å². The maximum atomic E-state index is 12.2. The summed E-state index contributed by atoms with van der Waals surface area (Å²) in [4.78, 5) is 30.2. The zero-order chi connectivity index (χ0) is 15.8. The molecule has 0 aliphatic carbocycles. The van der Waals surface area contributed by atoms with E-state index in [0.717, 1.165) is 17.9 Å². The molecular formula is C16H23N3O2S. The normalized spacial score (nSPS) is 18.3. The van der Waals surface area contributed by atoms with Crippen molar-refractivity contribution >= 4 is 23.6 Å². The van der Waals surface area contributed by atoms with Gasteiger partial charge in [-0.05, 0) is 37.0 Å². The number of hydrogen-bond acceptors (Lipinski definition) is 4. The molecule has 120 valence electrons. The highest BCUT2D eigenvalue weighted by Crippen LogP contribution is 2.19. The average Bonchev–Trinajstić information content (AvgIpc) is 2.54. The van der Waals surface area contributed by atoms with E-state index in [2.05, 4.69) is 16.6 Å². The van der Waals surface area contributed by atoms with E-state index in [4.69, 9.17) is 0 Å². The number of aromatic nitrogens is 1. The van der Waals surface area contributed by atoms with Gasteiger partial charge in [0.25, 0.3) is 0 Å². The number of nitrogens with zero attached hydrogens (tertiary/aromatic N) is 2. The van der Waals surface area contributed by atoms with Crippen LogP contribution in [0.3, 0.4) is 0 Å². The number of thioether (sulfide) groups is 1. The molecule has 0 saturated carbocycles. The lowest BCUT2D eigenvalue weighted by Crippen LogP contribution is -2.45. The number of piperidine rings is 1. The van der Waals surface area contributed by atoms with Gasteiger partial charge in [-0.15, -0.1) is 0 Å². The summed E-state index contributed by atoms with van der Waals surface area (Å²) in [7, 11) is 0. The first kappa shape index (κ1) is 16.8. The van der Waals surface area contributed by atoms with E-state index in [9.17, 15) is 9.59 Å². The van der Waals surface area contributed by atoms with Crippen molar-refractivity contribution in [2.75, 3.05) is 25.1 Å². The van der Waals surface area contributed by atoms with Crippen LogP contribution in [0, 0.1) is 5.92 Å². The fourth-order valence-corrected chi connectivity index (χ4v) is 2.97. The molecule has 1 N–H and O–H groups in total. The molecule has 1 fully saturated rings. The van der Waals surface area contributed by atoms with Crippen LogP contribution in [0.25, 0.3) is 0 Å². The van der Waals surface area contributed by atoms with Crippen molar-refractivity contribution in [2.45, 2.75) is 25.8 Å². The Kier molecular flexibility index (Phi) is 6.71. The molecule has 0 aromatic carbocycles. The summed E-state index contributed by atoms with van der Waals surface area (Å²) >= 11 is 1.78.